The van der Waals surface area contributed by atoms with Gasteiger partial charge in [-0.1, -0.05) is 0 Å². The number of amides is 1. The Bertz CT molecular complexity index is 351. The summed E-state index contributed by atoms with van der Waals surface area (Å²) >= 11 is 0. The van der Waals surface area contributed by atoms with Crippen LogP contribution >= 0.6 is 0 Å². The molecule has 0 saturated carbocycles. The number of aryl methyl sites for hydroxylation is 1. The lowest BCUT2D eigenvalue weighted by Gasteiger charge is -2.21. The van der Waals surface area contributed by atoms with Crippen molar-refractivity contribution in [3.63, 3.8) is 0 Å². The molecule has 0 aliphatic heterocycles. The molecule has 17 heavy (non-hydrogen) atoms. The molecule has 1 aromatic rings. The minimum Gasteiger partial charge on any atom is -0.383 e. The maximum Gasteiger partial charge on any atom is 0.248 e. The van der Waals surface area contributed by atoms with Crippen LogP contribution in [-0.2, 0) is 27.9 Å². The Morgan fingerprint density at radius 2 is 2.24 bits per heavy atom. The fraction of sp³-hybridized carbons (Fsp3) is 0.636. The monoisotopic (exact) mass is 241 g/mol. The molecule has 1 heterocycles. The lowest BCUT2D eigenvalue weighted by atomic mass is 10.3. The highest BCUT2D eigenvalue weighted by Crippen LogP contribution is 2.03. The zero-order valence-corrected chi connectivity index (χ0v) is 10.5. The van der Waals surface area contributed by atoms with Crippen molar-refractivity contribution in [1.82, 2.24) is 14.7 Å². The third-order valence-electron chi connectivity index (χ3n) is 2.32. The fourth-order valence-corrected chi connectivity index (χ4v) is 1.48. The summed E-state index contributed by atoms with van der Waals surface area (Å²) in [6.07, 6.45) is 3.64. The van der Waals surface area contributed by atoms with Gasteiger partial charge in [-0.25, -0.2) is 0 Å². The summed E-state index contributed by atoms with van der Waals surface area (Å²) < 4.78 is 11.6. The summed E-state index contributed by atoms with van der Waals surface area (Å²) in [7, 11) is 4.97. The molecule has 0 atom stereocenters. The van der Waals surface area contributed by atoms with Crippen LogP contribution in [0.4, 0.5) is 0 Å². The van der Waals surface area contributed by atoms with Crippen molar-refractivity contribution in [3.05, 3.63) is 18.0 Å². The molecular weight excluding hydrogens is 222 g/mol. The molecule has 0 unspecified atom stereocenters. The lowest BCUT2D eigenvalue weighted by molar-refractivity contribution is -0.136. The van der Waals surface area contributed by atoms with E-state index < -0.39 is 0 Å². The maximum atomic E-state index is 11.8. The Balaban J connectivity index is 2.59. The lowest BCUT2D eigenvalue weighted by Crippen LogP contribution is -2.35. The maximum absolute atomic E-state index is 11.8. The van der Waals surface area contributed by atoms with E-state index in [0.29, 0.717) is 19.7 Å². The van der Waals surface area contributed by atoms with E-state index in [4.69, 9.17) is 9.47 Å². The molecule has 1 amide bonds. The van der Waals surface area contributed by atoms with E-state index >= 15 is 0 Å². The SMILES string of the molecule is COCCN(Cc1cnn(C)c1)C(=O)COC. The Morgan fingerprint density at radius 1 is 1.47 bits per heavy atom. The first-order chi connectivity index (χ1) is 8.17. The predicted molar refractivity (Wildman–Crippen MR) is 62.4 cm³/mol. The van der Waals surface area contributed by atoms with Gasteiger partial charge in [0.15, 0.2) is 0 Å². The van der Waals surface area contributed by atoms with Crippen LogP contribution in [0.15, 0.2) is 12.4 Å². The molecule has 0 aliphatic carbocycles. The topological polar surface area (TPSA) is 56.6 Å². The van der Waals surface area contributed by atoms with Gasteiger partial charge >= 0.3 is 0 Å². The van der Waals surface area contributed by atoms with Crippen LogP contribution in [-0.4, -0.2) is 54.6 Å². The molecule has 0 fully saturated rings. The number of methoxy groups -OCH3 is 2. The Morgan fingerprint density at radius 3 is 2.76 bits per heavy atom. The van der Waals surface area contributed by atoms with E-state index in [2.05, 4.69) is 5.10 Å². The van der Waals surface area contributed by atoms with Gasteiger partial charge in [-0.2, -0.15) is 5.10 Å². The molecule has 0 aromatic carbocycles. The molecule has 96 valence electrons. The average molecular weight is 241 g/mol. The fourth-order valence-electron chi connectivity index (χ4n) is 1.48. The van der Waals surface area contributed by atoms with E-state index in [1.54, 1.807) is 22.9 Å². The van der Waals surface area contributed by atoms with Gasteiger partial charge in [0.25, 0.3) is 0 Å². The minimum absolute atomic E-state index is 0.0478. The van der Waals surface area contributed by atoms with Crippen molar-refractivity contribution in [2.75, 3.05) is 34.0 Å². The van der Waals surface area contributed by atoms with Gasteiger partial charge in [0.1, 0.15) is 6.61 Å². The minimum atomic E-state index is -0.0478. The number of aromatic nitrogens is 2. The van der Waals surface area contributed by atoms with Crippen LogP contribution in [0.3, 0.4) is 0 Å². The Labute approximate surface area is 101 Å². The van der Waals surface area contributed by atoms with Gasteiger partial charge in [0.05, 0.1) is 12.8 Å². The van der Waals surface area contributed by atoms with E-state index in [1.807, 2.05) is 13.2 Å². The smallest absolute Gasteiger partial charge is 0.248 e. The summed E-state index contributed by atoms with van der Waals surface area (Å²) in [5.41, 5.74) is 0.994. The second-order valence-electron chi connectivity index (χ2n) is 3.76. The first kappa shape index (κ1) is 13.7. The zero-order chi connectivity index (χ0) is 12.7. The van der Waals surface area contributed by atoms with Gasteiger partial charge in [0, 0.05) is 46.1 Å². The number of rotatable bonds is 7. The first-order valence-electron chi connectivity index (χ1n) is 5.40. The highest BCUT2D eigenvalue weighted by Gasteiger charge is 2.14. The number of nitrogens with zero attached hydrogens (tertiary/aromatic N) is 3. The molecule has 1 rings (SSSR count). The summed E-state index contributed by atoms with van der Waals surface area (Å²) in [6.45, 7) is 1.67. The van der Waals surface area contributed by atoms with Crippen molar-refractivity contribution < 1.29 is 14.3 Å². The van der Waals surface area contributed by atoms with Gasteiger partial charge in [-0.15, -0.1) is 0 Å². The second-order valence-corrected chi connectivity index (χ2v) is 3.76. The van der Waals surface area contributed by atoms with Gasteiger partial charge < -0.3 is 14.4 Å². The van der Waals surface area contributed by atoms with Crippen LogP contribution in [0, 0.1) is 0 Å². The highest BCUT2D eigenvalue weighted by atomic mass is 16.5. The second kappa shape index (κ2) is 7.03. The predicted octanol–water partition coefficient (Wildman–Crippen LogP) is 0.0415. The molecule has 1 aromatic heterocycles. The van der Waals surface area contributed by atoms with Crippen LogP contribution in [0.25, 0.3) is 0 Å². The van der Waals surface area contributed by atoms with E-state index in [9.17, 15) is 4.79 Å². The molecule has 6 nitrogen and oxygen atoms in total. The summed E-state index contributed by atoms with van der Waals surface area (Å²) in [4.78, 5) is 13.5. The van der Waals surface area contributed by atoms with Crippen molar-refractivity contribution >= 4 is 5.91 Å². The van der Waals surface area contributed by atoms with Crippen molar-refractivity contribution in [3.8, 4) is 0 Å². The van der Waals surface area contributed by atoms with Crippen LogP contribution in [0.1, 0.15) is 5.56 Å². The molecule has 0 saturated heterocycles. The molecule has 0 spiro atoms. The van der Waals surface area contributed by atoms with Crippen LogP contribution < -0.4 is 0 Å². The number of hydrogen-bond acceptors (Lipinski definition) is 4. The quantitative estimate of drug-likeness (QED) is 0.676. The molecule has 6 heteroatoms. The molecular formula is C11H19N3O3. The van der Waals surface area contributed by atoms with E-state index in [0.717, 1.165) is 5.56 Å². The molecule has 0 bridgehead atoms. The van der Waals surface area contributed by atoms with E-state index in [-0.39, 0.29) is 12.5 Å². The highest BCUT2D eigenvalue weighted by molar-refractivity contribution is 5.77. The van der Waals surface area contributed by atoms with E-state index in [1.165, 1.54) is 7.11 Å². The van der Waals surface area contributed by atoms with Crippen molar-refractivity contribution in [2.45, 2.75) is 6.54 Å². The summed E-state index contributed by atoms with van der Waals surface area (Å²) in [5, 5.41) is 4.07. The summed E-state index contributed by atoms with van der Waals surface area (Å²) in [5.74, 6) is -0.0478. The van der Waals surface area contributed by atoms with Crippen LogP contribution in [0.5, 0.6) is 0 Å². The number of ether oxygens (including phenoxy) is 2. The third-order valence-corrected chi connectivity index (χ3v) is 2.32. The Kier molecular flexibility index (Phi) is 5.65. The van der Waals surface area contributed by atoms with Gasteiger partial charge in [-0.05, 0) is 0 Å². The molecule has 0 radical (unpaired) electrons. The first-order valence-corrected chi connectivity index (χ1v) is 5.40. The third kappa shape index (κ3) is 4.54. The largest absolute Gasteiger partial charge is 0.383 e. The number of carbonyl (C=O) groups excluding carboxylic acids is 1. The van der Waals surface area contributed by atoms with Gasteiger partial charge in [0.2, 0.25) is 5.91 Å². The zero-order valence-electron chi connectivity index (χ0n) is 10.5. The van der Waals surface area contributed by atoms with Crippen molar-refractivity contribution in [1.29, 1.82) is 0 Å². The molecule has 0 aliphatic rings. The average Bonchev–Trinajstić information content (AvgIpc) is 2.70. The van der Waals surface area contributed by atoms with Gasteiger partial charge in [-0.3, -0.25) is 9.48 Å². The van der Waals surface area contributed by atoms with Crippen LogP contribution in [0.2, 0.25) is 0 Å². The molecule has 0 N–H and O–H groups in total. The summed E-state index contributed by atoms with van der Waals surface area (Å²) in [6, 6.07) is 0. The van der Waals surface area contributed by atoms with Crippen molar-refractivity contribution in [2.24, 2.45) is 7.05 Å². The Hall–Kier alpha value is -1.40. The number of hydrogen-bond donors (Lipinski definition) is 0. The normalized spacial score (nSPS) is 10.5. The standard InChI is InChI=1S/C11H19N3O3/c1-13-7-10(6-12-13)8-14(4-5-16-2)11(15)9-17-3/h6-7H,4-5,8-9H2,1-3H3. The number of carbonyl (C=O) groups is 1.